The van der Waals surface area contributed by atoms with Gasteiger partial charge in [0.05, 0.1) is 5.52 Å². The predicted octanol–water partition coefficient (Wildman–Crippen LogP) is 1.02. The van der Waals surface area contributed by atoms with Crippen molar-refractivity contribution < 1.29 is 14.0 Å². The molecule has 0 aliphatic rings. The molecule has 0 saturated carbocycles. The van der Waals surface area contributed by atoms with Crippen molar-refractivity contribution in [1.82, 2.24) is 15.2 Å². The molecule has 23 heavy (non-hydrogen) atoms. The summed E-state index contributed by atoms with van der Waals surface area (Å²) >= 11 is 0. The third-order valence-corrected chi connectivity index (χ3v) is 3.61. The van der Waals surface area contributed by atoms with Crippen molar-refractivity contribution in [2.75, 3.05) is 7.05 Å². The van der Waals surface area contributed by atoms with Gasteiger partial charge in [-0.15, -0.1) is 0 Å². The number of hydrogen-bond donors (Lipinski definition) is 2. The van der Waals surface area contributed by atoms with E-state index in [-0.39, 0.29) is 18.4 Å². The van der Waals surface area contributed by atoms with Gasteiger partial charge >= 0.3 is 5.76 Å². The second-order valence-electron chi connectivity index (χ2n) is 6.03. The lowest BCUT2D eigenvalue weighted by atomic mass is 9.98. The van der Waals surface area contributed by atoms with Crippen LogP contribution in [0.25, 0.3) is 11.1 Å². The number of hydrogen-bond acceptors (Lipinski definition) is 4. The second-order valence-corrected chi connectivity index (χ2v) is 6.03. The number of amides is 2. The highest BCUT2D eigenvalue weighted by Gasteiger charge is 2.22. The minimum atomic E-state index is -0.565. The fraction of sp³-hybridized carbons (Fsp3) is 0.438. The summed E-state index contributed by atoms with van der Waals surface area (Å²) in [6, 6.07) is 6.94. The summed E-state index contributed by atoms with van der Waals surface area (Å²) in [6.07, 6.45) is 0.817. The molecule has 0 atom stereocenters. The van der Waals surface area contributed by atoms with E-state index < -0.39 is 11.3 Å². The predicted molar refractivity (Wildman–Crippen MR) is 86.0 cm³/mol. The Hall–Kier alpha value is -2.57. The van der Waals surface area contributed by atoms with E-state index in [2.05, 4.69) is 10.6 Å². The number of aromatic nitrogens is 1. The van der Waals surface area contributed by atoms with Crippen LogP contribution in [0.4, 0.5) is 0 Å². The van der Waals surface area contributed by atoms with Crippen LogP contribution >= 0.6 is 0 Å². The first kappa shape index (κ1) is 16.8. The summed E-state index contributed by atoms with van der Waals surface area (Å²) in [4.78, 5) is 35.4. The van der Waals surface area contributed by atoms with Gasteiger partial charge < -0.3 is 15.1 Å². The Morgan fingerprint density at radius 1 is 1.22 bits per heavy atom. The summed E-state index contributed by atoms with van der Waals surface area (Å²) in [5.74, 6) is -0.950. The van der Waals surface area contributed by atoms with Crippen LogP contribution in [0, 0.1) is 0 Å². The van der Waals surface area contributed by atoms with Gasteiger partial charge in [0.2, 0.25) is 11.8 Å². The zero-order chi connectivity index (χ0) is 17.0. The lowest BCUT2D eigenvalue weighted by Crippen LogP contribution is -2.46. The molecule has 2 amide bonds. The van der Waals surface area contributed by atoms with E-state index in [9.17, 15) is 14.4 Å². The first-order valence-corrected chi connectivity index (χ1v) is 7.42. The maximum atomic E-state index is 12.2. The zero-order valence-corrected chi connectivity index (χ0v) is 13.5. The molecule has 124 valence electrons. The van der Waals surface area contributed by atoms with Gasteiger partial charge in [-0.1, -0.05) is 12.1 Å². The van der Waals surface area contributed by atoms with Gasteiger partial charge in [0.1, 0.15) is 6.54 Å². The van der Waals surface area contributed by atoms with Crippen molar-refractivity contribution in [1.29, 1.82) is 0 Å². The molecular weight excluding hydrogens is 298 g/mol. The van der Waals surface area contributed by atoms with E-state index >= 15 is 0 Å². The Balaban J connectivity index is 2.05. The number of carbonyl (C=O) groups is 2. The molecule has 7 heteroatoms. The Labute approximate surface area is 133 Å². The highest BCUT2D eigenvalue weighted by Crippen LogP contribution is 2.13. The van der Waals surface area contributed by atoms with Gasteiger partial charge in [-0.3, -0.25) is 14.2 Å². The Morgan fingerprint density at radius 3 is 2.61 bits per heavy atom. The van der Waals surface area contributed by atoms with Crippen molar-refractivity contribution in [3.05, 3.63) is 34.8 Å². The van der Waals surface area contributed by atoms with E-state index in [4.69, 9.17) is 4.42 Å². The number of carbonyl (C=O) groups excluding carboxylic acids is 2. The van der Waals surface area contributed by atoms with Gasteiger partial charge in [0, 0.05) is 19.0 Å². The van der Waals surface area contributed by atoms with Gasteiger partial charge in [-0.2, -0.15) is 0 Å². The number of rotatable bonds is 6. The second kappa shape index (κ2) is 6.68. The van der Waals surface area contributed by atoms with Crippen LogP contribution in [0.2, 0.25) is 0 Å². The Morgan fingerprint density at radius 2 is 1.91 bits per heavy atom. The Kier molecular flexibility index (Phi) is 4.88. The zero-order valence-electron chi connectivity index (χ0n) is 13.5. The molecule has 2 aromatic rings. The number of para-hydroxylation sites is 2. The fourth-order valence-corrected chi connectivity index (χ4v) is 2.34. The van der Waals surface area contributed by atoms with Crippen molar-refractivity contribution in [2.45, 2.75) is 38.8 Å². The van der Waals surface area contributed by atoms with E-state index in [1.165, 1.54) is 4.57 Å². The highest BCUT2D eigenvalue weighted by molar-refractivity contribution is 5.80. The van der Waals surface area contributed by atoms with E-state index in [0.717, 1.165) is 0 Å². The standard InChI is InChI=1S/C16H21N3O4/c1-16(2,9-8-13(20)17-3)18-14(21)10-19-11-6-4-5-7-12(11)23-15(19)22/h4-7H,8-10H2,1-3H3,(H,17,20)(H,18,21). The van der Waals surface area contributed by atoms with Gasteiger partial charge in [-0.25, -0.2) is 4.79 Å². The van der Waals surface area contributed by atoms with Crippen molar-refractivity contribution in [2.24, 2.45) is 0 Å². The molecule has 0 aliphatic carbocycles. The lowest BCUT2D eigenvalue weighted by molar-refractivity contribution is -0.125. The molecule has 1 aromatic heterocycles. The van der Waals surface area contributed by atoms with Gasteiger partial charge in [0.15, 0.2) is 5.58 Å². The molecule has 0 fully saturated rings. The first-order valence-electron chi connectivity index (χ1n) is 7.42. The molecule has 7 nitrogen and oxygen atoms in total. The summed E-state index contributed by atoms with van der Waals surface area (Å²) in [6.45, 7) is 3.55. The molecule has 0 spiro atoms. The first-order chi connectivity index (χ1) is 10.8. The highest BCUT2D eigenvalue weighted by atomic mass is 16.4. The van der Waals surface area contributed by atoms with E-state index in [0.29, 0.717) is 23.9 Å². The van der Waals surface area contributed by atoms with Gasteiger partial charge in [-0.05, 0) is 32.4 Å². The summed E-state index contributed by atoms with van der Waals surface area (Å²) < 4.78 is 6.39. The fourth-order valence-electron chi connectivity index (χ4n) is 2.34. The molecule has 0 saturated heterocycles. The molecule has 0 aliphatic heterocycles. The number of fused-ring (bicyclic) bond motifs is 1. The van der Waals surface area contributed by atoms with E-state index in [1.54, 1.807) is 31.3 Å². The quantitative estimate of drug-likeness (QED) is 0.831. The molecule has 0 radical (unpaired) electrons. The summed E-state index contributed by atoms with van der Waals surface area (Å²) in [7, 11) is 1.57. The molecule has 1 heterocycles. The van der Waals surface area contributed by atoms with E-state index in [1.807, 2.05) is 13.8 Å². The van der Waals surface area contributed by atoms with Crippen molar-refractivity contribution in [3.63, 3.8) is 0 Å². The molecule has 2 N–H and O–H groups in total. The average Bonchev–Trinajstić information content (AvgIpc) is 2.80. The molecule has 1 aromatic carbocycles. The topological polar surface area (TPSA) is 93.3 Å². The third kappa shape index (κ3) is 4.21. The number of nitrogens with one attached hydrogen (secondary N) is 2. The van der Waals surface area contributed by atoms with Crippen LogP contribution in [0.1, 0.15) is 26.7 Å². The molecule has 0 unspecified atom stereocenters. The van der Waals surface area contributed by atoms with Crippen LogP contribution in [0.5, 0.6) is 0 Å². The summed E-state index contributed by atoms with van der Waals surface area (Å²) in [5, 5.41) is 5.39. The molecule has 0 bridgehead atoms. The Bertz CT molecular complexity index is 773. The van der Waals surface area contributed by atoms with Gasteiger partial charge in [0.25, 0.3) is 0 Å². The molecule has 2 rings (SSSR count). The maximum absolute atomic E-state index is 12.2. The smallest absolute Gasteiger partial charge is 0.408 e. The minimum Gasteiger partial charge on any atom is -0.408 e. The van der Waals surface area contributed by atoms with Crippen LogP contribution in [0.3, 0.4) is 0 Å². The largest absolute Gasteiger partial charge is 0.420 e. The van der Waals surface area contributed by atoms with Crippen molar-refractivity contribution >= 4 is 22.9 Å². The number of benzene rings is 1. The average molecular weight is 319 g/mol. The monoisotopic (exact) mass is 319 g/mol. The maximum Gasteiger partial charge on any atom is 0.420 e. The molecular formula is C16H21N3O4. The van der Waals surface area contributed by atoms with Crippen LogP contribution in [-0.4, -0.2) is 29.0 Å². The lowest BCUT2D eigenvalue weighted by Gasteiger charge is -2.26. The SMILES string of the molecule is CNC(=O)CCC(C)(C)NC(=O)Cn1c(=O)oc2ccccc21. The normalized spacial score (nSPS) is 11.4. The van der Waals surface area contributed by atoms with Crippen LogP contribution in [0.15, 0.2) is 33.5 Å². The third-order valence-electron chi connectivity index (χ3n) is 3.61. The van der Waals surface area contributed by atoms with Crippen LogP contribution in [-0.2, 0) is 16.1 Å². The number of nitrogens with zero attached hydrogens (tertiary/aromatic N) is 1. The van der Waals surface area contributed by atoms with Crippen LogP contribution < -0.4 is 16.4 Å². The minimum absolute atomic E-state index is 0.0793. The number of oxazole rings is 1. The van der Waals surface area contributed by atoms with Crippen molar-refractivity contribution in [3.8, 4) is 0 Å². The summed E-state index contributed by atoms with van der Waals surface area (Å²) in [5.41, 5.74) is 0.479.